The van der Waals surface area contributed by atoms with Crippen molar-refractivity contribution in [3.05, 3.63) is 29.7 Å². The zero-order chi connectivity index (χ0) is 11.1. The summed E-state index contributed by atoms with van der Waals surface area (Å²) in [6.07, 6.45) is 6.70. The summed E-state index contributed by atoms with van der Waals surface area (Å²) in [6, 6.07) is 2.01. The average Bonchev–Trinajstić information content (AvgIpc) is 2.91. The molecule has 0 aromatic carbocycles. The molecule has 0 saturated heterocycles. The number of hydrogen-bond donors (Lipinski definition) is 0. The van der Waals surface area contributed by atoms with Crippen molar-refractivity contribution in [2.75, 3.05) is 0 Å². The first-order valence-electron chi connectivity index (χ1n) is 5.32. The molecule has 2 aromatic rings. The molecular formula is C11H12N4O. The highest BCUT2D eigenvalue weighted by molar-refractivity contribution is 5.79. The molecule has 2 heterocycles. The Morgan fingerprint density at radius 3 is 3.00 bits per heavy atom. The highest BCUT2D eigenvalue weighted by atomic mass is 16.1. The van der Waals surface area contributed by atoms with Crippen LogP contribution in [-0.2, 0) is 7.05 Å². The van der Waals surface area contributed by atoms with E-state index >= 15 is 0 Å². The van der Waals surface area contributed by atoms with Gasteiger partial charge in [-0.3, -0.25) is 9.48 Å². The highest BCUT2D eigenvalue weighted by Gasteiger charge is 2.26. The van der Waals surface area contributed by atoms with Crippen molar-refractivity contribution in [3.63, 3.8) is 0 Å². The SMILES string of the molecule is Cn1ncc(C=O)c1-n1ccc(C2CC2)n1. The molecule has 0 unspecified atom stereocenters. The van der Waals surface area contributed by atoms with Crippen LogP contribution in [0.5, 0.6) is 0 Å². The van der Waals surface area contributed by atoms with Gasteiger partial charge >= 0.3 is 0 Å². The van der Waals surface area contributed by atoms with E-state index in [2.05, 4.69) is 10.2 Å². The lowest BCUT2D eigenvalue weighted by Gasteiger charge is -2.02. The van der Waals surface area contributed by atoms with Gasteiger partial charge in [-0.25, -0.2) is 4.68 Å². The second-order valence-corrected chi connectivity index (χ2v) is 4.12. The third-order valence-corrected chi connectivity index (χ3v) is 2.88. The smallest absolute Gasteiger partial charge is 0.162 e. The predicted molar refractivity (Wildman–Crippen MR) is 57.7 cm³/mol. The topological polar surface area (TPSA) is 52.7 Å². The van der Waals surface area contributed by atoms with Crippen molar-refractivity contribution in [1.29, 1.82) is 0 Å². The van der Waals surface area contributed by atoms with Crippen molar-refractivity contribution >= 4 is 6.29 Å². The first-order chi connectivity index (χ1) is 7.79. The lowest BCUT2D eigenvalue weighted by atomic mass is 10.3. The predicted octanol–water partition coefficient (Wildman–Crippen LogP) is 1.30. The Hall–Kier alpha value is -1.91. The van der Waals surface area contributed by atoms with Crippen LogP contribution in [0.3, 0.4) is 0 Å². The van der Waals surface area contributed by atoms with E-state index < -0.39 is 0 Å². The summed E-state index contributed by atoms with van der Waals surface area (Å²) in [6.45, 7) is 0. The highest BCUT2D eigenvalue weighted by Crippen LogP contribution is 2.39. The number of aromatic nitrogens is 4. The van der Waals surface area contributed by atoms with E-state index in [1.54, 1.807) is 22.6 Å². The molecule has 1 fully saturated rings. The number of carbonyl (C=O) groups is 1. The van der Waals surface area contributed by atoms with Crippen LogP contribution in [0, 0.1) is 0 Å². The Balaban J connectivity index is 2.05. The Labute approximate surface area is 92.7 Å². The molecule has 16 heavy (non-hydrogen) atoms. The van der Waals surface area contributed by atoms with Crippen LogP contribution < -0.4 is 0 Å². The van der Waals surface area contributed by atoms with Crippen LogP contribution in [0.2, 0.25) is 0 Å². The Kier molecular flexibility index (Phi) is 1.92. The Bertz CT molecular complexity index is 536. The molecule has 0 aliphatic heterocycles. The van der Waals surface area contributed by atoms with Gasteiger partial charge in [0.1, 0.15) is 0 Å². The van der Waals surface area contributed by atoms with Crippen molar-refractivity contribution in [2.45, 2.75) is 18.8 Å². The minimum atomic E-state index is 0.563. The molecule has 0 atom stereocenters. The minimum Gasteiger partial charge on any atom is -0.298 e. The van der Waals surface area contributed by atoms with Crippen LogP contribution in [0.25, 0.3) is 5.82 Å². The largest absolute Gasteiger partial charge is 0.298 e. The summed E-state index contributed by atoms with van der Waals surface area (Å²) in [7, 11) is 1.81. The number of aldehydes is 1. The van der Waals surface area contributed by atoms with E-state index in [4.69, 9.17) is 0 Å². The zero-order valence-corrected chi connectivity index (χ0v) is 9.00. The zero-order valence-electron chi connectivity index (χ0n) is 9.00. The molecule has 2 aromatic heterocycles. The molecule has 5 nitrogen and oxygen atoms in total. The minimum absolute atomic E-state index is 0.563. The fraction of sp³-hybridized carbons (Fsp3) is 0.364. The summed E-state index contributed by atoms with van der Waals surface area (Å²) in [5.41, 5.74) is 1.67. The molecule has 3 rings (SSSR count). The summed E-state index contributed by atoms with van der Waals surface area (Å²) >= 11 is 0. The van der Waals surface area contributed by atoms with Gasteiger partial charge in [0, 0.05) is 19.2 Å². The van der Waals surface area contributed by atoms with Crippen LogP contribution in [0.4, 0.5) is 0 Å². The van der Waals surface area contributed by atoms with Gasteiger partial charge < -0.3 is 0 Å². The number of carbonyl (C=O) groups excluding carboxylic acids is 1. The molecule has 0 bridgehead atoms. The molecule has 0 radical (unpaired) electrons. The van der Waals surface area contributed by atoms with Crippen LogP contribution in [0.1, 0.15) is 34.8 Å². The number of rotatable bonds is 3. The van der Waals surface area contributed by atoms with Crippen molar-refractivity contribution < 1.29 is 4.79 Å². The molecule has 5 heteroatoms. The molecule has 1 aliphatic rings. The molecule has 1 aliphatic carbocycles. The van der Waals surface area contributed by atoms with Gasteiger partial charge in [-0.2, -0.15) is 10.2 Å². The quantitative estimate of drug-likeness (QED) is 0.726. The summed E-state index contributed by atoms with van der Waals surface area (Å²) < 4.78 is 3.39. The average molecular weight is 216 g/mol. The second kappa shape index (κ2) is 3.30. The molecular weight excluding hydrogens is 204 g/mol. The van der Waals surface area contributed by atoms with E-state index in [-0.39, 0.29) is 0 Å². The number of nitrogens with zero attached hydrogens (tertiary/aromatic N) is 4. The van der Waals surface area contributed by atoms with Crippen molar-refractivity contribution in [3.8, 4) is 5.82 Å². The summed E-state index contributed by atoms with van der Waals surface area (Å²) in [5.74, 6) is 1.34. The maximum Gasteiger partial charge on any atom is 0.162 e. The van der Waals surface area contributed by atoms with Crippen molar-refractivity contribution in [2.24, 2.45) is 7.05 Å². The standard InChI is InChI=1S/C11H12N4O/c1-14-11(9(7-16)6-12-14)15-5-4-10(13-15)8-2-3-8/h4-8H,2-3H2,1H3. The molecule has 0 spiro atoms. The second-order valence-electron chi connectivity index (χ2n) is 4.12. The van der Waals surface area contributed by atoms with E-state index in [1.807, 2.05) is 12.3 Å². The third kappa shape index (κ3) is 1.36. The van der Waals surface area contributed by atoms with Gasteiger partial charge in [0.05, 0.1) is 17.5 Å². The number of hydrogen-bond acceptors (Lipinski definition) is 3. The van der Waals surface area contributed by atoms with E-state index in [1.165, 1.54) is 12.8 Å². The van der Waals surface area contributed by atoms with Gasteiger partial charge in [-0.1, -0.05) is 0 Å². The third-order valence-electron chi connectivity index (χ3n) is 2.88. The molecule has 82 valence electrons. The lowest BCUT2D eigenvalue weighted by molar-refractivity contribution is 0.112. The number of aryl methyl sites for hydroxylation is 1. The Morgan fingerprint density at radius 1 is 1.50 bits per heavy atom. The van der Waals surface area contributed by atoms with E-state index in [9.17, 15) is 4.79 Å². The van der Waals surface area contributed by atoms with Gasteiger partial charge in [-0.05, 0) is 18.9 Å². The van der Waals surface area contributed by atoms with Gasteiger partial charge in [0.25, 0.3) is 0 Å². The van der Waals surface area contributed by atoms with E-state index in [0.717, 1.165) is 17.8 Å². The maximum atomic E-state index is 10.9. The van der Waals surface area contributed by atoms with Crippen LogP contribution in [0.15, 0.2) is 18.5 Å². The normalized spacial score (nSPS) is 15.3. The van der Waals surface area contributed by atoms with Gasteiger partial charge in [-0.15, -0.1) is 0 Å². The summed E-state index contributed by atoms with van der Waals surface area (Å²) in [5, 5.41) is 8.54. The first-order valence-corrected chi connectivity index (χ1v) is 5.32. The summed E-state index contributed by atoms with van der Waals surface area (Å²) in [4.78, 5) is 10.9. The maximum absolute atomic E-state index is 10.9. The van der Waals surface area contributed by atoms with E-state index in [0.29, 0.717) is 11.5 Å². The fourth-order valence-electron chi connectivity index (χ4n) is 1.86. The van der Waals surface area contributed by atoms with Gasteiger partial charge in [0.2, 0.25) is 0 Å². The molecule has 0 amide bonds. The van der Waals surface area contributed by atoms with Crippen LogP contribution >= 0.6 is 0 Å². The van der Waals surface area contributed by atoms with Crippen LogP contribution in [-0.4, -0.2) is 25.8 Å². The first kappa shape index (κ1) is 9.33. The monoisotopic (exact) mass is 216 g/mol. The van der Waals surface area contributed by atoms with Gasteiger partial charge in [0.15, 0.2) is 12.1 Å². The van der Waals surface area contributed by atoms with Crippen molar-refractivity contribution in [1.82, 2.24) is 19.6 Å². The Morgan fingerprint density at radius 2 is 2.31 bits per heavy atom. The molecule has 0 N–H and O–H groups in total. The lowest BCUT2D eigenvalue weighted by Crippen LogP contribution is -2.06. The fourth-order valence-corrected chi connectivity index (χ4v) is 1.86. The molecule has 1 saturated carbocycles.